The van der Waals surface area contributed by atoms with E-state index in [4.69, 9.17) is 0 Å². The highest BCUT2D eigenvalue weighted by Gasteiger charge is 2.22. The third-order valence-electron chi connectivity index (χ3n) is 4.87. The quantitative estimate of drug-likeness (QED) is 0.763. The molecule has 1 aliphatic rings. The first-order valence-electron chi connectivity index (χ1n) is 7.99. The Morgan fingerprint density at radius 1 is 1.30 bits per heavy atom. The molecule has 3 aromatic rings. The summed E-state index contributed by atoms with van der Waals surface area (Å²) in [5.41, 5.74) is 6.38. The number of hydrogen-bond acceptors (Lipinski definition) is 2. The van der Waals surface area contributed by atoms with Gasteiger partial charge in [0.1, 0.15) is 5.82 Å². The van der Waals surface area contributed by atoms with Crippen LogP contribution >= 0.6 is 0 Å². The van der Waals surface area contributed by atoms with Crippen molar-refractivity contribution < 1.29 is 4.79 Å². The number of hydrogen-bond donors (Lipinski definition) is 2. The van der Waals surface area contributed by atoms with Crippen molar-refractivity contribution in [2.45, 2.75) is 33.1 Å². The maximum Gasteiger partial charge on any atom is 0.256 e. The van der Waals surface area contributed by atoms with Gasteiger partial charge in [-0.15, -0.1) is 0 Å². The molecule has 0 saturated carbocycles. The van der Waals surface area contributed by atoms with Crippen LogP contribution in [0, 0.1) is 13.8 Å². The first-order chi connectivity index (χ1) is 11.0. The van der Waals surface area contributed by atoms with E-state index < -0.39 is 0 Å². The van der Waals surface area contributed by atoms with Gasteiger partial charge >= 0.3 is 0 Å². The molecule has 5 heteroatoms. The van der Waals surface area contributed by atoms with Gasteiger partial charge in [0, 0.05) is 34.8 Å². The van der Waals surface area contributed by atoms with Crippen LogP contribution in [0.4, 0.5) is 5.82 Å². The Morgan fingerprint density at radius 3 is 2.96 bits per heavy atom. The number of nitrogens with zero attached hydrogens (tertiary/aromatic N) is 2. The van der Waals surface area contributed by atoms with E-state index in [1.54, 1.807) is 4.68 Å². The van der Waals surface area contributed by atoms with Crippen LogP contribution in [-0.4, -0.2) is 20.7 Å². The average molecular weight is 308 g/mol. The number of carbonyl (C=O) groups is 1. The Labute approximate surface area is 134 Å². The summed E-state index contributed by atoms with van der Waals surface area (Å²) in [5.74, 6) is 0.757. The van der Waals surface area contributed by atoms with Crippen LogP contribution in [0.1, 0.15) is 39.3 Å². The Hall–Kier alpha value is -2.56. The Morgan fingerprint density at radius 2 is 2.13 bits per heavy atom. The molecule has 1 aromatic carbocycles. The molecule has 4 rings (SSSR count). The summed E-state index contributed by atoms with van der Waals surface area (Å²) >= 11 is 0. The van der Waals surface area contributed by atoms with Crippen LogP contribution in [-0.2, 0) is 19.9 Å². The van der Waals surface area contributed by atoms with Crippen molar-refractivity contribution in [2.75, 3.05) is 5.32 Å². The topological polar surface area (TPSA) is 62.7 Å². The van der Waals surface area contributed by atoms with Crippen LogP contribution in [0.3, 0.4) is 0 Å². The van der Waals surface area contributed by atoms with Crippen molar-refractivity contribution in [1.82, 2.24) is 14.8 Å². The number of amides is 1. The van der Waals surface area contributed by atoms with Gasteiger partial charge in [0.15, 0.2) is 0 Å². The number of rotatable bonds is 2. The normalized spacial score (nSPS) is 13.5. The van der Waals surface area contributed by atoms with Crippen LogP contribution in [0.5, 0.6) is 0 Å². The van der Waals surface area contributed by atoms with Gasteiger partial charge in [0.05, 0.1) is 5.69 Å². The molecule has 0 bridgehead atoms. The highest BCUT2D eigenvalue weighted by Crippen LogP contribution is 2.29. The monoisotopic (exact) mass is 308 g/mol. The molecule has 0 saturated heterocycles. The number of aryl methyl sites for hydroxylation is 4. The summed E-state index contributed by atoms with van der Waals surface area (Å²) in [5, 5.41) is 8.65. The van der Waals surface area contributed by atoms with E-state index in [0.29, 0.717) is 5.56 Å². The van der Waals surface area contributed by atoms with Gasteiger partial charge < -0.3 is 10.3 Å². The third-order valence-corrected chi connectivity index (χ3v) is 4.87. The molecule has 2 aromatic heterocycles. The second-order valence-corrected chi connectivity index (χ2v) is 6.34. The summed E-state index contributed by atoms with van der Waals surface area (Å²) < 4.78 is 1.78. The fraction of sp³-hybridized carbons (Fsp3) is 0.333. The number of aromatic amines is 1. The highest BCUT2D eigenvalue weighted by atomic mass is 16.1. The van der Waals surface area contributed by atoms with Crippen LogP contribution in [0.2, 0.25) is 0 Å². The van der Waals surface area contributed by atoms with E-state index >= 15 is 0 Å². The third kappa shape index (κ3) is 2.15. The van der Waals surface area contributed by atoms with Gasteiger partial charge in [-0.3, -0.25) is 9.48 Å². The van der Waals surface area contributed by atoms with Gasteiger partial charge in [0.2, 0.25) is 0 Å². The molecule has 5 nitrogen and oxygen atoms in total. The van der Waals surface area contributed by atoms with Gasteiger partial charge in [-0.2, -0.15) is 5.10 Å². The van der Waals surface area contributed by atoms with Gasteiger partial charge in [0.25, 0.3) is 5.91 Å². The average Bonchev–Trinajstić information content (AvgIpc) is 3.17. The van der Waals surface area contributed by atoms with E-state index in [1.165, 1.54) is 11.1 Å². The minimum atomic E-state index is -0.0807. The molecule has 23 heavy (non-hydrogen) atoms. The second-order valence-electron chi connectivity index (χ2n) is 6.34. The second kappa shape index (κ2) is 4.98. The van der Waals surface area contributed by atoms with Crippen LogP contribution < -0.4 is 5.32 Å². The lowest BCUT2D eigenvalue weighted by Gasteiger charge is -2.08. The van der Waals surface area contributed by atoms with Crippen molar-refractivity contribution in [1.29, 1.82) is 0 Å². The molecular formula is C18H20N4O. The zero-order chi connectivity index (χ0) is 16.1. The Bertz CT molecular complexity index is 932. The minimum absolute atomic E-state index is 0.0807. The molecule has 2 N–H and O–H groups in total. The summed E-state index contributed by atoms with van der Waals surface area (Å²) in [4.78, 5) is 16.0. The standard InChI is InChI=1S/C18H20N4O/c1-10-11(2)19-15-8-7-12(9-14(10)15)18(23)20-17-13-5-4-6-16(13)21-22(17)3/h7-9,19H,4-6H2,1-3H3,(H,20,23). The van der Waals surface area contributed by atoms with Crippen molar-refractivity contribution in [3.05, 3.63) is 46.3 Å². The van der Waals surface area contributed by atoms with Crippen LogP contribution in [0.15, 0.2) is 18.2 Å². The van der Waals surface area contributed by atoms with Crippen molar-refractivity contribution >= 4 is 22.6 Å². The molecule has 1 amide bonds. The summed E-state index contributed by atoms with van der Waals surface area (Å²) in [6.45, 7) is 4.12. The highest BCUT2D eigenvalue weighted by molar-refractivity contribution is 6.06. The van der Waals surface area contributed by atoms with E-state index in [0.717, 1.165) is 47.4 Å². The fourth-order valence-corrected chi connectivity index (χ4v) is 3.46. The smallest absolute Gasteiger partial charge is 0.256 e. The number of carbonyl (C=O) groups excluding carboxylic acids is 1. The van der Waals surface area contributed by atoms with E-state index in [-0.39, 0.29) is 5.91 Å². The fourth-order valence-electron chi connectivity index (χ4n) is 3.46. The minimum Gasteiger partial charge on any atom is -0.358 e. The number of H-pyrrole nitrogens is 1. The predicted molar refractivity (Wildman–Crippen MR) is 91.0 cm³/mol. The molecule has 2 heterocycles. The number of fused-ring (bicyclic) bond motifs is 2. The lowest BCUT2D eigenvalue weighted by molar-refractivity contribution is 0.102. The van der Waals surface area contributed by atoms with Crippen molar-refractivity contribution in [2.24, 2.45) is 7.05 Å². The zero-order valence-electron chi connectivity index (χ0n) is 13.7. The lowest BCUT2D eigenvalue weighted by atomic mass is 10.1. The molecule has 0 fully saturated rings. The Kier molecular flexibility index (Phi) is 3.04. The molecule has 1 aliphatic carbocycles. The number of nitrogens with one attached hydrogen (secondary N) is 2. The zero-order valence-corrected chi connectivity index (χ0v) is 13.7. The summed E-state index contributed by atoms with van der Waals surface area (Å²) in [6.07, 6.45) is 3.12. The number of anilines is 1. The first kappa shape index (κ1) is 14.1. The van der Waals surface area contributed by atoms with Gasteiger partial charge in [-0.25, -0.2) is 0 Å². The largest absolute Gasteiger partial charge is 0.358 e. The first-order valence-corrected chi connectivity index (χ1v) is 7.99. The van der Waals surface area contributed by atoms with E-state index in [2.05, 4.69) is 22.3 Å². The van der Waals surface area contributed by atoms with Gasteiger partial charge in [-0.1, -0.05) is 0 Å². The van der Waals surface area contributed by atoms with Gasteiger partial charge in [-0.05, 0) is 56.9 Å². The molecule has 118 valence electrons. The molecule has 0 radical (unpaired) electrons. The maximum absolute atomic E-state index is 12.7. The van der Waals surface area contributed by atoms with Crippen molar-refractivity contribution in [3.8, 4) is 0 Å². The predicted octanol–water partition coefficient (Wildman–Crippen LogP) is 3.26. The lowest BCUT2D eigenvalue weighted by Crippen LogP contribution is -2.15. The van der Waals surface area contributed by atoms with Crippen molar-refractivity contribution in [3.63, 3.8) is 0 Å². The molecule has 0 aliphatic heterocycles. The number of aromatic nitrogens is 3. The SMILES string of the molecule is Cc1[nH]c2ccc(C(=O)Nc3c4c(nn3C)CCC4)cc2c1C. The molecule has 0 spiro atoms. The Balaban J connectivity index is 1.68. The molecule has 0 atom stereocenters. The summed E-state index contributed by atoms with van der Waals surface area (Å²) in [7, 11) is 1.89. The maximum atomic E-state index is 12.7. The van der Waals surface area contributed by atoms with E-state index in [9.17, 15) is 4.79 Å². The van der Waals surface area contributed by atoms with E-state index in [1.807, 2.05) is 32.2 Å². The summed E-state index contributed by atoms with van der Waals surface area (Å²) in [6, 6.07) is 5.79. The number of benzene rings is 1. The molecular weight excluding hydrogens is 288 g/mol. The van der Waals surface area contributed by atoms with Crippen LogP contribution in [0.25, 0.3) is 10.9 Å². The molecule has 0 unspecified atom stereocenters.